The zero-order chi connectivity index (χ0) is 17.3. The van der Waals surface area contributed by atoms with Crippen LogP contribution in [-0.2, 0) is 16.9 Å². The van der Waals surface area contributed by atoms with Crippen LogP contribution in [0.2, 0.25) is 0 Å². The van der Waals surface area contributed by atoms with Crippen LogP contribution in [0.15, 0.2) is 6.20 Å². The zero-order valence-corrected chi connectivity index (χ0v) is 15.3. The smallest absolute Gasteiger partial charge is 0.237 e. The Hall–Kier alpha value is -1.47. The van der Waals surface area contributed by atoms with Gasteiger partial charge in [0.15, 0.2) is 0 Å². The highest BCUT2D eigenvalue weighted by Gasteiger charge is 2.30. The first-order valence-corrected chi connectivity index (χ1v) is 9.01. The predicted molar refractivity (Wildman–Crippen MR) is 92.5 cm³/mol. The number of hydrogen-bond acceptors (Lipinski definition) is 5. The molecule has 7 heteroatoms. The lowest BCUT2D eigenvalue weighted by Gasteiger charge is -2.37. The van der Waals surface area contributed by atoms with E-state index < -0.39 is 0 Å². The van der Waals surface area contributed by atoms with E-state index in [-0.39, 0.29) is 17.5 Å². The Balaban J connectivity index is 1.46. The summed E-state index contributed by atoms with van der Waals surface area (Å²) in [4.78, 5) is 16.8. The Morgan fingerprint density at radius 2 is 1.96 bits per heavy atom. The summed E-state index contributed by atoms with van der Waals surface area (Å²) >= 11 is 0. The minimum absolute atomic E-state index is 0.0329. The van der Waals surface area contributed by atoms with Crippen LogP contribution >= 0.6 is 0 Å². The lowest BCUT2D eigenvalue weighted by atomic mass is 10.1. The van der Waals surface area contributed by atoms with Crippen molar-refractivity contribution in [3.05, 3.63) is 11.9 Å². The molecule has 1 atom stereocenters. The summed E-state index contributed by atoms with van der Waals surface area (Å²) < 4.78 is 1.92. The fraction of sp³-hybridized carbons (Fsp3) is 0.824. The molecule has 1 aliphatic heterocycles. The summed E-state index contributed by atoms with van der Waals surface area (Å²) in [6, 6.07) is 0.404. The Morgan fingerprint density at radius 1 is 1.29 bits per heavy atom. The van der Waals surface area contributed by atoms with Gasteiger partial charge in [-0.15, -0.1) is 5.10 Å². The number of aromatic nitrogens is 3. The Morgan fingerprint density at radius 3 is 2.50 bits per heavy atom. The molecule has 0 radical (unpaired) electrons. The second-order valence-electron chi connectivity index (χ2n) is 8.10. The molecule has 24 heavy (non-hydrogen) atoms. The number of carbonyl (C=O) groups is 1. The Bertz CT molecular complexity index is 566. The summed E-state index contributed by atoms with van der Waals surface area (Å²) in [6.07, 6.45) is 4.32. The van der Waals surface area contributed by atoms with Gasteiger partial charge in [-0.1, -0.05) is 5.21 Å². The molecule has 2 aliphatic rings. The summed E-state index contributed by atoms with van der Waals surface area (Å²) in [5.74, 6) is 0.180. The lowest BCUT2D eigenvalue weighted by Crippen LogP contribution is -2.53. The molecule has 1 unspecified atom stereocenters. The minimum Gasteiger partial charge on any atom is -0.352 e. The molecule has 134 valence electrons. The van der Waals surface area contributed by atoms with E-state index >= 15 is 0 Å². The first-order valence-electron chi connectivity index (χ1n) is 9.01. The molecule has 0 spiro atoms. The standard InChI is InChI=1S/C17H30N6O/c1-13(16(24)18-14-5-6-14)22-9-7-21(8-10-22)11-15-12-23(20-19-15)17(2,3)4/h12-14H,5-11H2,1-4H3,(H,18,24). The average molecular weight is 334 g/mol. The predicted octanol–water partition coefficient (Wildman–Crippen LogP) is 0.818. The first kappa shape index (κ1) is 17.4. The maximum Gasteiger partial charge on any atom is 0.237 e. The molecule has 1 aromatic heterocycles. The number of piperazine rings is 1. The molecule has 1 aliphatic carbocycles. The van der Waals surface area contributed by atoms with E-state index in [2.05, 4.69) is 46.2 Å². The molecule has 1 aromatic rings. The summed E-state index contributed by atoms with van der Waals surface area (Å²) in [5, 5.41) is 11.6. The quantitative estimate of drug-likeness (QED) is 0.863. The molecule has 0 bridgehead atoms. The molecule has 7 nitrogen and oxygen atoms in total. The number of nitrogens with one attached hydrogen (secondary N) is 1. The van der Waals surface area contributed by atoms with E-state index in [1.165, 1.54) is 0 Å². The second kappa shape index (κ2) is 6.80. The van der Waals surface area contributed by atoms with Gasteiger partial charge in [0, 0.05) is 38.8 Å². The Kier molecular flexibility index (Phi) is 4.92. The molecule has 0 aromatic carbocycles. The van der Waals surface area contributed by atoms with Crippen LogP contribution in [0.1, 0.15) is 46.2 Å². The molecule has 1 saturated carbocycles. The molecule has 1 N–H and O–H groups in total. The topological polar surface area (TPSA) is 66.3 Å². The number of carbonyl (C=O) groups excluding carboxylic acids is 1. The van der Waals surface area contributed by atoms with E-state index in [1.54, 1.807) is 0 Å². The highest BCUT2D eigenvalue weighted by atomic mass is 16.2. The lowest BCUT2D eigenvalue weighted by molar-refractivity contribution is -0.126. The first-order chi connectivity index (χ1) is 11.3. The number of rotatable bonds is 5. The van der Waals surface area contributed by atoms with Crippen LogP contribution in [0.25, 0.3) is 0 Å². The molecule has 2 fully saturated rings. The van der Waals surface area contributed by atoms with Crippen LogP contribution in [0.5, 0.6) is 0 Å². The van der Waals surface area contributed by atoms with E-state index in [9.17, 15) is 4.79 Å². The van der Waals surface area contributed by atoms with Gasteiger partial charge in [-0.2, -0.15) is 0 Å². The van der Waals surface area contributed by atoms with Crippen molar-refractivity contribution < 1.29 is 4.79 Å². The van der Waals surface area contributed by atoms with Gasteiger partial charge in [0.05, 0.1) is 23.5 Å². The van der Waals surface area contributed by atoms with Gasteiger partial charge in [0.1, 0.15) is 0 Å². The van der Waals surface area contributed by atoms with Crippen molar-refractivity contribution in [1.29, 1.82) is 0 Å². The number of amides is 1. The van der Waals surface area contributed by atoms with Crippen LogP contribution in [-0.4, -0.2) is 69.0 Å². The second-order valence-corrected chi connectivity index (χ2v) is 8.10. The van der Waals surface area contributed by atoms with Gasteiger partial charge in [0.2, 0.25) is 5.91 Å². The van der Waals surface area contributed by atoms with Gasteiger partial charge in [0.25, 0.3) is 0 Å². The maximum absolute atomic E-state index is 12.2. The molecular formula is C17H30N6O. The molecule has 1 saturated heterocycles. The highest BCUT2D eigenvalue weighted by Crippen LogP contribution is 2.19. The van der Waals surface area contributed by atoms with Crippen molar-refractivity contribution >= 4 is 5.91 Å². The van der Waals surface area contributed by atoms with Crippen molar-refractivity contribution in [2.75, 3.05) is 26.2 Å². The largest absolute Gasteiger partial charge is 0.352 e. The van der Waals surface area contributed by atoms with Crippen molar-refractivity contribution in [3.8, 4) is 0 Å². The van der Waals surface area contributed by atoms with Gasteiger partial charge >= 0.3 is 0 Å². The van der Waals surface area contributed by atoms with Crippen molar-refractivity contribution in [1.82, 2.24) is 30.1 Å². The maximum atomic E-state index is 12.2. The van der Waals surface area contributed by atoms with E-state index in [0.717, 1.165) is 51.3 Å². The van der Waals surface area contributed by atoms with E-state index in [0.29, 0.717) is 6.04 Å². The SMILES string of the molecule is CC(C(=O)NC1CC1)N1CCN(Cc2cn(C(C)(C)C)nn2)CC1. The molecule has 2 heterocycles. The Labute approximate surface area is 144 Å². The molecular weight excluding hydrogens is 304 g/mol. The third-order valence-electron chi connectivity index (χ3n) is 4.87. The summed E-state index contributed by atoms with van der Waals surface area (Å²) in [7, 11) is 0. The molecule has 1 amide bonds. The molecule has 3 rings (SSSR count). The average Bonchev–Trinajstić information content (AvgIpc) is 3.21. The summed E-state index contributed by atoms with van der Waals surface area (Å²) in [5.41, 5.74) is 0.979. The van der Waals surface area contributed by atoms with Gasteiger partial charge in [-0.05, 0) is 40.5 Å². The monoisotopic (exact) mass is 334 g/mol. The van der Waals surface area contributed by atoms with Gasteiger partial charge in [-0.25, -0.2) is 4.68 Å². The van der Waals surface area contributed by atoms with Crippen LogP contribution in [0, 0.1) is 0 Å². The van der Waals surface area contributed by atoms with E-state index in [1.807, 2.05) is 17.8 Å². The highest BCUT2D eigenvalue weighted by molar-refractivity contribution is 5.81. The third kappa shape index (κ3) is 4.33. The minimum atomic E-state index is -0.0334. The van der Waals surface area contributed by atoms with Crippen molar-refractivity contribution in [2.45, 2.75) is 64.7 Å². The summed E-state index contributed by atoms with van der Waals surface area (Å²) in [6.45, 7) is 13.0. The number of hydrogen-bond donors (Lipinski definition) is 1. The van der Waals surface area contributed by atoms with Gasteiger partial charge in [-0.3, -0.25) is 14.6 Å². The van der Waals surface area contributed by atoms with Crippen LogP contribution in [0.3, 0.4) is 0 Å². The van der Waals surface area contributed by atoms with Crippen molar-refractivity contribution in [2.24, 2.45) is 0 Å². The van der Waals surface area contributed by atoms with Crippen LogP contribution in [0.4, 0.5) is 0 Å². The third-order valence-corrected chi connectivity index (χ3v) is 4.87. The number of nitrogens with zero attached hydrogens (tertiary/aromatic N) is 5. The van der Waals surface area contributed by atoms with E-state index in [4.69, 9.17) is 0 Å². The fourth-order valence-electron chi connectivity index (χ4n) is 2.95. The van der Waals surface area contributed by atoms with Gasteiger partial charge < -0.3 is 5.32 Å². The van der Waals surface area contributed by atoms with Crippen molar-refractivity contribution in [3.63, 3.8) is 0 Å². The van der Waals surface area contributed by atoms with Crippen LogP contribution < -0.4 is 5.32 Å². The fourth-order valence-corrected chi connectivity index (χ4v) is 2.95. The zero-order valence-electron chi connectivity index (χ0n) is 15.3. The normalized spacial score (nSPS) is 21.7.